The lowest BCUT2D eigenvalue weighted by atomic mass is 9.67. The van der Waals surface area contributed by atoms with Crippen molar-refractivity contribution in [1.82, 2.24) is 0 Å². The summed E-state index contributed by atoms with van der Waals surface area (Å²) < 4.78 is 5.15. The SMILES string of the molecule is COc1ccc(NC2(C(N)=O)CCCC(C)(C)C2)cc1. The van der Waals surface area contributed by atoms with Crippen molar-refractivity contribution in [3.05, 3.63) is 24.3 Å². The van der Waals surface area contributed by atoms with Gasteiger partial charge in [0.05, 0.1) is 7.11 Å². The number of nitrogens with one attached hydrogen (secondary N) is 1. The largest absolute Gasteiger partial charge is 0.497 e. The molecule has 1 aromatic rings. The maximum Gasteiger partial charge on any atom is 0.243 e. The minimum Gasteiger partial charge on any atom is -0.497 e. The molecule has 1 saturated carbocycles. The van der Waals surface area contributed by atoms with Gasteiger partial charge in [-0.25, -0.2) is 0 Å². The average molecular weight is 276 g/mol. The van der Waals surface area contributed by atoms with Crippen LogP contribution in [0.2, 0.25) is 0 Å². The quantitative estimate of drug-likeness (QED) is 0.888. The fourth-order valence-corrected chi connectivity index (χ4v) is 3.19. The summed E-state index contributed by atoms with van der Waals surface area (Å²) >= 11 is 0. The summed E-state index contributed by atoms with van der Waals surface area (Å²) in [7, 11) is 1.64. The molecule has 1 aliphatic rings. The van der Waals surface area contributed by atoms with Gasteiger partial charge < -0.3 is 15.8 Å². The first-order valence-corrected chi connectivity index (χ1v) is 7.09. The minimum atomic E-state index is -0.643. The van der Waals surface area contributed by atoms with Gasteiger partial charge in [-0.05, 0) is 48.9 Å². The van der Waals surface area contributed by atoms with E-state index in [1.165, 1.54) is 0 Å². The van der Waals surface area contributed by atoms with Gasteiger partial charge in [-0.15, -0.1) is 0 Å². The van der Waals surface area contributed by atoms with Gasteiger partial charge in [-0.2, -0.15) is 0 Å². The molecule has 0 bridgehead atoms. The van der Waals surface area contributed by atoms with E-state index in [1.807, 2.05) is 24.3 Å². The Bertz CT molecular complexity index is 482. The first-order chi connectivity index (χ1) is 9.37. The highest BCUT2D eigenvalue weighted by Crippen LogP contribution is 2.42. The number of nitrogens with two attached hydrogens (primary N) is 1. The zero-order valence-electron chi connectivity index (χ0n) is 12.5. The Morgan fingerprint density at radius 1 is 1.25 bits per heavy atom. The molecule has 2 rings (SSSR count). The van der Waals surface area contributed by atoms with Crippen LogP contribution < -0.4 is 15.8 Å². The van der Waals surface area contributed by atoms with E-state index in [0.717, 1.165) is 37.1 Å². The Balaban J connectivity index is 2.22. The van der Waals surface area contributed by atoms with Crippen LogP contribution in [0.1, 0.15) is 39.5 Å². The number of hydrogen-bond acceptors (Lipinski definition) is 3. The van der Waals surface area contributed by atoms with E-state index in [0.29, 0.717) is 0 Å². The van der Waals surface area contributed by atoms with Crippen LogP contribution in [-0.2, 0) is 4.79 Å². The molecule has 0 aliphatic heterocycles. The predicted octanol–water partition coefficient (Wildman–Crippen LogP) is 2.93. The van der Waals surface area contributed by atoms with Crippen molar-refractivity contribution < 1.29 is 9.53 Å². The van der Waals surface area contributed by atoms with Crippen molar-refractivity contribution in [3.8, 4) is 5.75 Å². The number of methoxy groups -OCH3 is 1. The molecule has 110 valence electrons. The number of carbonyl (C=O) groups excluding carboxylic acids is 1. The summed E-state index contributed by atoms with van der Waals surface area (Å²) in [6, 6.07) is 7.60. The van der Waals surface area contributed by atoms with E-state index in [9.17, 15) is 4.79 Å². The summed E-state index contributed by atoms with van der Waals surface area (Å²) in [5.41, 5.74) is 6.10. The van der Waals surface area contributed by atoms with E-state index >= 15 is 0 Å². The van der Waals surface area contributed by atoms with Crippen molar-refractivity contribution in [3.63, 3.8) is 0 Å². The van der Waals surface area contributed by atoms with Crippen molar-refractivity contribution in [2.75, 3.05) is 12.4 Å². The van der Waals surface area contributed by atoms with Crippen molar-refractivity contribution in [1.29, 1.82) is 0 Å². The minimum absolute atomic E-state index is 0.132. The third kappa shape index (κ3) is 3.06. The molecule has 0 aromatic heterocycles. The fourth-order valence-electron chi connectivity index (χ4n) is 3.19. The number of primary amides is 1. The standard InChI is InChI=1S/C16H24N2O2/c1-15(2)9-4-10-16(11-15,14(17)19)18-12-5-7-13(20-3)8-6-12/h5-8,18H,4,9-11H2,1-3H3,(H2,17,19). The van der Waals surface area contributed by atoms with Crippen molar-refractivity contribution in [2.24, 2.45) is 11.1 Å². The molecule has 1 amide bonds. The Labute approximate surface area is 120 Å². The van der Waals surface area contributed by atoms with Gasteiger partial charge in [0, 0.05) is 5.69 Å². The molecule has 1 unspecified atom stereocenters. The number of amides is 1. The summed E-state index contributed by atoms with van der Waals surface area (Å²) in [4.78, 5) is 12.0. The Morgan fingerprint density at radius 2 is 1.90 bits per heavy atom. The Hall–Kier alpha value is -1.71. The van der Waals surface area contributed by atoms with Crippen LogP contribution >= 0.6 is 0 Å². The molecule has 4 nitrogen and oxygen atoms in total. The van der Waals surface area contributed by atoms with Gasteiger partial charge >= 0.3 is 0 Å². The zero-order chi connectivity index (χ0) is 14.8. The highest BCUT2D eigenvalue weighted by molar-refractivity contribution is 5.88. The third-order valence-electron chi connectivity index (χ3n) is 4.18. The van der Waals surface area contributed by atoms with Gasteiger partial charge in [-0.1, -0.05) is 20.3 Å². The summed E-state index contributed by atoms with van der Waals surface area (Å²) in [5.74, 6) is 0.536. The van der Waals surface area contributed by atoms with E-state index in [-0.39, 0.29) is 11.3 Å². The average Bonchev–Trinajstić information content (AvgIpc) is 2.38. The molecular weight excluding hydrogens is 252 g/mol. The maximum absolute atomic E-state index is 12.0. The molecule has 1 aromatic carbocycles. The first-order valence-electron chi connectivity index (χ1n) is 7.09. The van der Waals surface area contributed by atoms with Gasteiger partial charge in [0.2, 0.25) is 5.91 Å². The van der Waals surface area contributed by atoms with E-state index < -0.39 is 5.54 Å². The van der Waals surface area contributed by atoms with Crippen LogP contribution in [0.3, 0.4) is 0 Å². The fraction of sp³-hybridized carbons (Fsp3) is 0.562. The number of anilines is 1. The first kappa shape index (κ1) is 14.7. The zero-order valence-corrected chi connectivity index (χ0v) is 12.5. The second kappa shape index (κ2) is 5.35. The molecule has 20 heavy (non-hydrogen) atoms. The number of benzene rings is 1. The van der Waals surface area contributed by atoms with E-state index in [2.05, 4.69) is 19.2 Å². The summed E-state index contributed by atoms with van der Waals surface area (Å²) in [6.07, 6.45) is 3.70. The second-order valence-electron chi connectivity index (χ2n) is 6.49. The molecule has 0 radical (unpaired) electrons. The molecule has 1 aliphatic carbocycles. The van der Waals surface area contributed by atoms with Crippen LogP contribution in [-0.4, -0.2) is 18.6 Å². The van der Waals surface area contributed by atoms with Crippen LogP contribution in [0.5, 0.6) is 5.75 Å². The van der Waals surface area contributed by atoms with Crippen LogP contribution in [0.15, 0.2) is 24.3 Å². The normalized spacial score (nSPS) is 24.9. The Morgan fingerprint density at radius 3 is 2.40 bits per heavy atom. The third-order valence-corrected chi connectivity index (χ3v) is 4.18. The topological polar surface area (TPSA) is 64.3 Å². The molecule has 0 spiro atoms. The second-order valence-corrected chi connectivity index (χ2v) is 6.49. The lowest BCUT2D eigenvalue weighted by Gasteiger charge is -2.43. The number of hydrogen-bond donors (Lipinski definition) is 2. The molecular formula is C16H24N2O2. The molecule has 4 heteroatoms. The lowest BCUT2D eigenvalue weighted by Crippen LogP contribution is -2.55. The predicted molar refractivity (Wildman–Crippen MR) is 80.8 cm³/mol. The number of rotatable bonds is 4. The maximum atomic E-state index is 12.0. The van der Waals surface area contributed by atoms with Gasteiger partial charge in [0.15, 0.2) is 0 Å². The monoisotopic (exact) mass is 276 g/mol. The van der Waals surface area contributed by atoms with Crippen LogP contribution in [0.4, 0.5) is 5.69 Å². The number of carbonyl (C=O) groups is 1. The van der Waals surface area contributed by atoms with E-state index in [1.54, 1.807) is 7.11 Å². The van der Waals surface area contributed by atoms with Crippen LogP contribution in [0.25, 0.3) is 0 Å². The highest BCUT2D eigenvalue weighted by atomic mass is 16.5. The number of ether oxygens (including phenoxy) is 1. The summed E-state index contributed by atoms with van der Waals surface area (Å²) in [6.45, 7) is 4.39. The van der Waals surface area contributed by atoms with Gasteiger partial charge in [0.25, 0.3) is 0 Å². The molecule has 1 fully saturated rings. The van der Waals surface area contributed by atoms with Crippen molar-refractivity contribution >= 4 is 11.6 Å². The molecule has 0 saturated heterocycles. The van der Waals surface area contributed by atoms with Gasteiger partial charge in [-0.3, -0.25) is 4.79 Å². The van der Waals surface area contributed by atoms with Crippen LogP contribution in [0, 0.1) is 5.41 Å². The molecule has 3 N–H and O–H groups in total. The van der Waals surface area contributed by atoms with Gasteiger partial charge in [0.1, 0.15) is 11.3 Å². The van der Waals surface area contributed by atoms with E-state index in [4.69, 9.17) is 10.5 Å². The molecule has 0 heterocycles. The Kier molecular flexibility index (Phi) is 3.93. The molecule has 1 atom stereocenters. The summed E-state index contributed by atoms with van der Waals surface area (Å²) in [5, 5.41) is 3.37. The highest BCUT2D eigenvalue weighted by Gasteiger charge is 2.44. The van der Waals surface area contributed by atoms with Crippen molar-refractivity contribution in [2.45, 2.75) is 45.1 Å². The smallest absolute Gasteiger partial charge is 0.243 e. The lowest BCUT2D eigenvalue weighted by molar-refractivity contribution is -0.124.